The number of hydrogen-bond acceptors (Lipinski definition) is 4. The minimum absolute atomic E-state index is 0.00177. The number of carbonyl (C=O) groups is 3. The smallest absolute Gasteiger partial charge is 0.338 e. The molecule has 3 saturated carbocycles. The van der Waals surface area contributed by atoms with Crippen LogP contribution < -0.4 is 4.90 Å². The molecule has 1 aromatic rings. The SMILES string of the molecule is O=C(OC1CCCCC1)c1ccc(N2C(=O)[C@@H]3[C@H]4C[C@@H]([C@H](Br)[C@H]4Br)[C@H]3C2=O)cc1. The van der Waals surface area contributed by atoms with Gasteiger partial charge in [0, 0.05) is 9.65 Å². The number of amides is 2. The molecule has 5 nitrogen and oxygen atoms in total. The van der Waals surface area contributed by atoms with Crippen LogP contribution in [0.5, 0.6) is 0 Å². The van der Waals surface area contributed by atoms with Crippen LogP contribution in [0.3, 0.4) is 0 Å². The lowest BCUT2D eigenvalue weighted by atomic mass is 9.81. The minimum atomic E-state index is -0.332. The molecule has 5 rings (SSSR count). The van der Waals surface area contributed by atoms with E-state index in [1.54, 1.807) is 24.3 Å². The lowest BCUT2D eigenvalue weighted by Gasteiger charge is -2.28. The number of halogens is 2. The third-order valence-corrected chi connectivity index (χ3v) is 10.4. The molecule has 6 atom stereocenters. The molecule has 1 heterocycles. The van der Waals surface area contributed by atoms with Crippen molar-refractivity contribution in [1.29, 1.82) is 0 Å². The number of ether oxygens (including phenoxy) is 1. The minimum Gasteiger partial charge on any atom is -0.459 e. The molecule has 7 heteroatoms. The van der Waals surface area contributed by atoms with E-state index in [1.807, 2.05) is 0 Å². The number of carbonyl (C=O) groups excluding carboxylic acids is 3. The van der Waals surface area contributed by atoms with Gasteiger partial charge in [-0.2, -0.15) is 0 Å². The van der Waals surface area contributed by atoms with Gasteiger partial charge < -0.3 is 4.74 Å². The van der Waals surface area contributed by atoms with Gasteiger partial charge in [0.2, 0.25) is 11.8 Å². The van der Waals surface area contributed by atoms with E-state index in [9.17, 15) is 14.4 Å². The Balaban J connectivity index is 1.32. The van der Waals surface area contributed by atoms with Gasteiger partial charge in [-0.15, -0.1) is 0 Å². The van der Waals surface area contributed by atoms with E-state index in [0.717, 1.165) is 32.1 Å². The molecule has 1 aromatic carbocycles. The zero-order chi connectivity index (χ0) is 20.3. The first-order valence-electron chi connectivity index (χ1n) is 10.4. The normalized spacial score (nSPS) is 36.6. The molecule has 1 aliphatic heterocycles. The molecule has 0 aromatic heterocycles. The summed E-state index contributed by atoms with van der Waals surface area (Å²) in [5.41, 5.74) is 1.000. The van der Waals surface area contributed by atoms with Gasteiger partial charge in [0.1, 0.15) is 6.10 Å². The molecular weight excluding hydrogens is 502 g/mol. The maximum atomic E-state index is 13.1. The van der Waals surface area contributed by atoms with Gasteiger partial charge in [-0.3, -0.25) is 14.5 Å². The summed E-state index contributed by atoms with van der Waals surface area (Å²) in [5.74, 6) is -0.617. The fourth-order valence-corrected chi connectivity index (χ4v) is 7.63. The van der Waals surface area contributed by atoms with E-state index < -0.39 is 0 Å². The predicted molar refractivity (Wildman–Crippen MR) is 115 cm³/mol. The first-order valence-corrected chi connectivity index (χ1v) is 12.3. The average Bonchev–Trinajstić information content (AvgIpc) is 3.34. The summed E-state index contributed by atoms with van der Waals surface area (Å²) in [6.45, 7) is 0. The summed E-state index contributed by atoms with van der Waals surface area (Å²) in [4.78, 5) is 40.4. The van der Waals surface area contributed by atoms with E-state index in [-0.39, 0.29) is 57.2 Å². The molecule has 4 fully saturated rings. The molecule has 0 N–H and O–H groups in total. The van der Waals surface area contributed by atoms with Gasteiger partial charge in [0.05, 0.1) is 23.1 Å². The molecule has 1 saturated heterocycles. The molecule has 3 aliphatic carbocycles. The highest BCUT2D eigenvalue weighted by Crippen LogP contribution is 2.60. The summed E-state index contributed by atoms with van der Waals surface area (Å²) in [6, 6.07) is 6.69. The first kappa shape index (κ1) is 19.7. The van der Waals surface area contributed by atoms with Crippen molar-refractivity contribution in [3.8, 4) is 0 Å². The maximum absolute atomic E-state index is 13.1. The molecule has 0 radical (unpaired) electrons. The quantitative estimate of drug-likeness (QED) is 0.333. The third-order valence-electron chi connectivity index (χ3n) is 7.17. The van der Waals surface area contributed by atoms with Crippen LogP contribution in [0.4, 0.5) is 5.69 Å². The van der Waals surface area contributed by atoms with Crippen LogP contribution in [0, 0.1) is 23.7 Å². The summed E-state index contributed by atoms with van der Waals surface area (Å²) in [6.07, 6.45) is 6.18. The Morgan fingerprint density at radius 3 is 2.00 bits per heavy atom. The Hall–Kier alpha value is -1.21. The highest BCUT2D eigenvalue weighted by atomic mass is 79.9. The van der Waals surface area contributed by atoms with E-state index in [4.69, 9.17) is 4.74 Å². The molecule has 2 bridgehead atoms. The third kappa shape index (κ3) is 3.11. The van der Waals surface area contributed by atoms with Crippen LogP contribution in [0.1, 0.15) is 48.9 Å². The number of esters is 1. The summed E-state index contributed by atoms with van der Waals surface area (Å²) in [5, 5.41) is 0. The van der Waals surface area contributed by atoms with E-state index in [2.05, 4.69) is 31.9 Å². The van der Waals surface area contributed by atoms with E-state index in [1.165, 1.54) is 11.3 Å². The number of benzene rings is 1. The van der Waals surface area contributed by atoms with Crippen molar-refractivity contribution in [2.24, 2.45) is 23.7 Å². The number of nitrogens with zero attached hydrogens (tertiary/aromatic N) is 1. The van der Waals surface area contributed by atoms with Crippen molar-refractivity contribution in [1.82, 2.24) is 0 Å². The lowest BCUT2D eigenvalue weighted by Crippen LogP contribution is -2.37. The van der Waals surface area contributed by atoms with Gasteiger partial charge in [-0.1, -0.05) is 38.3 Å². The van der Waals surface area contributed by atoms with Crippen molar-refractivity contribution >= 4 is 55.3 Å². The molecule has 29 heavy (non-hydrogen) atoms. The Morgan fingerprint density at radius 1 is 0.897 bits per heavy atom. The molecule has 4 aliphatic rings. The zero-order valence-electron chi connectivity index (χ0n) is 15.9. The maximum Gasteiger partial charge on any atom is 0.338 e. The Kier molecular flexibility index (Phi) is 5.09. The van der Waals surface area contributed by atoms with Crippen molar-refractivity contribution in [3.63, 3.8) is 0 Å². The van der Waals surface area contributed by atoms with E-state index in [0.29, 0.717) is 11.3 Å². The highest BCUT2D eigenvalue weighted by molar-refractivity contribution is 9.12. The molecule has 0 spiro atoms. The van der Waals surface area contributed by atoms with Crippen molar-refractivity contribution in [2.75, 3.05) is 4.90 Å². The van der Waals surface area contributed by atoms with Crippen LogP contribution in [0.15, 0.2) is 24.3 Å². The van der Waals surface area contributed by atoms with Gasteiger partial charge in [-0.05, 0) is 68.2 Å². The Morgan fingerprint density at radius 2 is 1.45 bits per heavy atom. The number of hydrogen-bond donors (Lipinski definition) is 0. The lowest BCUT2D eigenvalue weighted by molar-refractivity contribution is -0.123. The van der Waals surface area contributed by atoms with Gasteiger partial charge in [0.25, 0.3) is 0 Å². The number of imide groups is 1. The molecular formula is C22H23Br2NO4. The second kappa shape index (κ2) is 7.49. The summed E-state index contributed by atoms with van der Waals surface area (Å²) >= 11 is 7.41. The fraction of sp³-hybridized carbons (Fsp3) is 0.591. The Labute approximate surface area is 186 Å². The van der Waals surface area contributed by atoms with Crippen molar-refractivity contribution in [2.45, 2.75) is 54.3 Å². The van der Waals surface area contributed by atoms with Gasteiger partial charge in [0.15, 0.2) is 0 Å². The van der Waals surface area contributed by atoms with Crippen LogP contribution in [-0.4, -0.2) is 33.5 Å². The van der Waals surface area contributed by atoms with Crippen LogP contribution in [0.2, 0.25) is 0 Å². The number of alkyl halides is 2. The van der Waals surface area contributed by atoms with Crippen molar-refractivity contribution < 1.29 is 19.1 Å². The monoisotopic (exact) mass is 523 g/mol. The van der Waals surface area contributed by atoms with Crippen LogP contribution in [-0.2, 0) is 14.3 Å². The number of rotatable bonds is 3. The zero-order valence-corrected chi connectivity index (χ0v) is 19.1. The fourth-order valence-electron chi connectivity index (χ4n) is 5.75. The molecule has 2 amide bonds. The van der Waals surface area contributed by atoms with Gasteiger partial charge in [-0.25, -0.2) is 4.79 Å². The van der Waals surface area contributed by atoms with Crippen molar-refractivity contribution in [3.05, 3.63) is 29.8 Å². The van der Waals surface area contributed by atoms with Crippen LogP contribution >= 0.6 is 31.9 Å². The second-order valence-electron chi connectivity index (χ2n) is 8.73. The highest BCUT2D eigenvalue weighted by Gasteiger charge is 2.66. The van der Waals surface area contributed by atoms with E-state index >= 15 is 0 Å². The topological polar surface area (TPSA) is 63.7 Å². The predicted octanol–water partition coefficient (Wildman–Crippen LogP) is 4.46. The number of fused-ring (bicyclic) bond motifs is 5. The Bertz CT molecular complexity index is 819. The standard InChI is InChI=1S/C22H23Br2NO4/c23-18-14-10-15(19(18)24)17-16(14)20(26)25(21(17)27)12-8-6-11(7-9-12)22(28)29-13-4-2-1-3-5-13/h6-9,13-19H,1-5,10H2/t14-,15-,16-,17-,18+,19+/m1/s1. The molecule has 0 unspecified atom stereocenters. The second-order valence-corrected chi connectivity index (χ2v) is 10.8. The summed E-state index contributed by atoms with van der Waals surface area (Å²) < 4.78 is 5.61. The summed E-state index contributed by atoms with van der Waals surface area (Å²) in [7, 11) is 0. The van der Waals surface area contributed by atoms with Crippen LogP contribution in [0.25, 0.3) is 0 Å². The number of anilines is 1. The first-order chi connectivity index (χ1) is 14.0. The van der Waals surface area contributed by atoms with Gasteiger partial charge >= 0.3 is 5.97 Å². The average molecular weight is 525 g/mol. The molecule has 154 valence electrons. The largest absolute Gasteiger partial charge is 0.459 e.